The van der Waals surface area contributed by atoms with Gasteiger partial charge in [-0.1, -0.05) is 18.2 Å². The summed E-state index contributed by atoms with van der Waals surface area (Å²) >= 11 is 0. The lowest BCUT2D eigenvalue weighted by atomic mass is 10.2. The van der Waals surface area contributed by atoms with Crippen LogP contribution < -0.4 is 15.8 Å². The summed E-state index contributed by atoms with van der Waals surface area (Å²) in [4.78, 5) is 11.4. The van der Waals surface area contributed by atoms with Crippen molar-refractivity contribution in [3.05, 3.63) is 59.7 Å². The summed E-state index contributed by atoms with van der Waals surface area (Å²) in [6.45, 7) is 0.423. The standard InChI is InChI=1S/C15H16N2O2/c1-17-15(18)11-6-8-13(9-7-11)19-14-5-3-2-4-12(14)10-16/h2-9H,10,16H2,1H3,(H,17,18). The molecule has 0 unspecified atom stereocenters. The van der Waals surface area contributed by atoms with Gasteiger partial charge in [-0.25, -0.2) is 0 Å². The number of hydrogen-bond acceptors (Lipinski definition) is 3. The molecule has 2 rings (SSSR count). The summed E-state index contributed by atoms with van der Waals surface area (Å²) < 4.78 is 5.76. The van der Waals surface area contributed by atoms with Gasteiger partial charge in [0.2, 0.25) is 0 Å². The highest BCUT2D eigenvalue weighted by molar-refractivity contribution is 5.94. The second-order valence-electron chi connectivity index (χ2n) is 4.02. The van der Waals surface area contributed by atoms with Crippen LogP contribution in [0.5, 0.6) is 11.5 Å². The van der Waals surface area contributed by atoms with Gasteiger partial charge in [-0.15, -0.1) is 0 Å². The summed E-state index contributed by atoms with van der Waals surface area (Å²) in [6, 6.07) is 14.6. The molecule has 0 atom stereocenters. The van der Waals surface area contributed by atoms with Crippen LogP contribution in [0.1, 0.15) is 15.9 Å². The molecule has 0 heterocycles. The predicted molar refractivity (Wildman–Crippen MR) is 74.2 cm³/mol. The van der Waals surface area contributed by atoms with Crippen molar-refractivity contribution in [2.75, 3.05) is 7.05 Å². The fraction of sp³-hybridized carbons (Fsp3) is 0.133. The number of rotatable bonds is 4. The summed E-state index contributed by atoms with van der Waals surface area (Å²) in [5.74, 6) is 1.29. The van der Waals surface area contributed by atoms with Gasteiger partial charge < -0.3 is 15.8 Å². The molecule has 98 valence electrons. The molecule has 19 heavy (non-hydrogen) atoms. The van der Waals surface area contributed by atoms with Gasteiger partial charge >= 0.3 is 0 Å². The SMILES string of the molecule is CNC(=O)c1ccc(Oc2ccccc2CN)cc1. The van der Waals surface area contributed by atoms with Crippen molar-refractivity contribution >= 4 is 5.91 Å². The molecule has 0 aliphatic heterocycles. The van der Waals surface area contributed by atoms with E-state index in [-0.39, 0.29) is 5.91 Å². The smallest absolute Gasteiger partial charge is 0.251 e. The van der Waals surface area contributed by atoms with Crippen LogP contribution in [-0.4, -0.2) is 13.0 Å². The zero-order chi connectivity index (χ0) is 13.7. The average molecular weight is 256 g/mol. The van der Waals surface area contributed by atoms with E-state index in [2.05, 4.69) is 5.32 Å². The van der Waals surface area contributed by atoms with Crippen molar-refractivity contribution in [3.63, 3.8) is 0 Å². The Morgan fingerprint density at radius 3 is 2.47 bits per heavy atom. The molecule has 0 spiro atoms. The van der Waals surface area contributed by atoms with E-state index in [0.29, 0.717) is 17.9 Å². The molecule has 1 amide bonds. The third kappa shape index (κ3) is 3.11. The second-order valence-corrected chi connectivity index (χ2v) is 4.02. The maximum atomic E-state index is 11.4. The van der Waals surface area contributed by atoms with Gasteiger partial charge in [-0.05, 0) is 30.3 Å². The topological polar surface area (TPSA) is 64.3 Å². The second kappa shape index (κ2) is 6.02. The number of carbonyl (C=O) groups excluding carboxylic acids is 1. The summed E-state index contributed by atoms with van der Waals surface area (Å²) in [5.41, 5.74) is 7.19. The van der Waals surface area contributed by atoms with Crippen molar-refractivity contribution in [2.45, 2.75) is 6.54 Å². The van der Waals surface area contributed by atoms with Crippen molar-refractivity contribution in [1.82, 2.24) is 5.32 Å². The zero-order valence-corrected chi connectivity index (χ0v) is 10.7. The number of ether oxygens (including phenoxy) is 1. The predicted octanol–water partition coefficient (Wildman–Crippen LogP) is 2.30. The molecule has 0 bridgehead atoms. The number of nitrogens with one attached hydrogen (secondary N) is 1. The normalized spacial score (nSPS) is 10.0. The highest BCUT2D eigenvalue weighted by Gasteiger charge is 2.05. The fourth-order valence-corrected chi connectivity index (χ4v) is 1.72. The molecule has 2 aromatic rings. The van der Waals surface area contributed by atoms with E-state index in [1.165, 1.54) is 0 Å². The fourth-order valence-electron chi connectivity index (χ4n) is 1.72. The Balaban J connectivity index is 2.17. The van der Waals surface area contributed by atoms with E-state index in [0.717, 1.165) is 11.3 Å². The maximum absolute atomic E-state index is 11.4. The molecule has 0 saturated carbocycles. The number of benzene rings is 2. The number of nitrogens with two attached hydrogens (primary N) is 1. The van der Waals surface area contributed by atoms with E-state index >= 15 is 0 Å². The van der Waals surface area contributed by atoms with Gasteiger partial charge in [0.05, 0.1) is 0 Å². The van der Waals surface area contributed by atoms with Gasteiger partial charge in [0, 0.05) is 24.7 Å². The number of hydrogen-bond donors (Lipinski definition) is 2. The van der Waals surface area contributed by atoms with Crippen molar-refractivity contribution in [1.29, 1.82) is 0 Å². The zero-order valence-electron chi connectivity index (χ0n) is 10.7. The first-order chi connectivity index (χ1) is 9.24. The molecule has 0 saturated heterocycles. The quantitative estimate of drug-likeness (QED) is 0.882. The van der Waals surface area contributed by atoms with E-state index in [9.17, 15) is 4.79 Å². The van der Waals surface area contributed by atoms with Gasteiger partial charge in [0.1, 0.15) is 11.5 Å². The van der Waals surface area contributed by atoms with Gasteiger partial charge in [-0.3, -0.25) is 4.79 Å². The molecule has 0 aliphatic carbocycles. The van der Waals surface area contributed by atoms with E-state index in [1.807, 2.05) is 24.3 Å². The first kappa shape index (κ1) is 13.1. The van der Waals surface area contributed by atoms with Crippen LogP contribution in [0.4, 0.5) is 0 Å². The Kier molecular flexibility index (Phi) is 4.15. The lowest BCUT2D eigenvalue weighted by Gasteiger charge is -2.10. The Labute approximate surface area is 112 Å². The molecule has 0 aromatic heterocycles. The van der Waals surface area contributed by atoms with Crippen LogP contribution in [-0.2, 0) is 6.54 Å². The van der Waals surface area contributed by atoms with E-state index in [4.69, 9.17) is 10.5 Å². The molecule has 3 N–H and O–H groups in total. The number of para-hydroxylation sites is 1. The minimum absolute atomic E-state index is 0.117. The van der Waals surface area contributed by atoms with Crippen LogP contribution in [0.15, 0.2) is 48.5 Å². The van der Waals surface area contributed by atoms with Gasteiger partial charge in [0.15, 0.2) is 0 Å². The maximum Gasteiger partial charge on any atom is 0.251 e. The van der Waals surface area contributed by atoms with Crippen LogP contribution in [0.25, 0.3) is 0 Å². The summed E-state index contributed by atoms with van der Waals surface area (Å²) in [7, 11) is 1.60. The van der Waals surface area contributed by atoms with Crippen LogP contribution in [0.3, 0.4) is 0 Å². The minimum Gasteiger partial charge on any atom is -0.457 e. The van der Waals surface area contributed by atoms with Crippen molar-refractivity contribution in [2.24, 2.45) is 5.73 Å². The lowest BCUT2D eigenvalue weighted by molar-refractivity contribution is 0.0963. The highest BCUT2D eigenvalue weighted by Crippen LogP contribution is 2.25. The molecule has 2 aromatic carbocycles. The van der Waals surface area contributed by atoms with Crippen molar-refractivity contribution in [3.8, 4) is 11.5 Å². The van der Waals surface area contributed by atoms with Crippen LogP contribution in [0, 0.1) is 0 Å². The molecule has 4 heteroatoms. The first-order valence-electron chi connectivity index (χ1n) is 6.02. The van der Waals surface area contributed by atoms with E-state index < -0.39 is 0 Å². The van der Waals surface area contributed by atoms with Gasteiger partial charge in [-0.2, -0.15) is 0 Å². The molecule has 0 radical (unpaired) electrons. The Hall–Kier alpha value is -2.33. The Bertz CT molecular complexity index is 565. The Morgan fingerprint density at radius 1 is 1.16 bits per heavy atom. The molecular formula is C15H16N2O2. The van der Waals surface area contributed by atoms with Crippen LogP contribution in [0.2, 0.25) is 0 Å². The third-order valence-electron chi connectivity index (χ3n) is 2.76. The molecular weight excluding hydrogens is 240 g/mol. The van der Waals surface area contributed by atoms with Gasteiger partial charge in [0.25, 0.3) is 5.91 Å². The minimum atomic E-state index is -0.117. The van der Waals surface area contributed by atoms with Crippen molar-refractivity contribution < 1.29 is 9.53 Å². The molecule has 0 fully saturated rings. The largest absolute Gasteiger partial charge is 0.457 e. The monoisotopic (exact) mass is 256 g/mol. The van der Waals surface area contributed by atoms with Crippen LogP contribution >= 0.6 is 0 Å². The Morgan fingerprint density at radius 2 is 1.84 bits per heavy atom. The summed E-state index contributed by atoms with van der Waals surface area (Å²) in [6.07, 6.45) is 0. The molecule has 4 nitrogen and oxygen atoms in total. The first-order valence-corrected chi connectivity index (χ1v) is 6.02. The highest BCUT2D eigenvalue weighted by atomic mass is 16.5. The number of carbonyl (C=O) groups is 1. The van der Waals surface area contributed by atoms with E-state index in [1.54, 1.807) is 31.3 Å². The average Bonchev–Trinajstić information content (AvgIpc) is 2.48. The lowest BCUT2D eigenvalue weighted by Crippen LogP contribution is -2.17. The number of amides is 1. The molecule has 0 aliphatic rings. The third-order valence-corrected chi connectivity index (χ3v) is 2.76. The summed E-state index contributed by atoms with van der Waals surface area (Å²) in [5, 5.41) is 2.57.